The third kappa shape index (κ3) is 4.20. The second kappa shape index (κ2) is 6.71. The minimum absolute atomic E-state index is 0.614. The second-order valence-corrected chi connectivity index (χ2v) is 4.86. The van der Waals surface area contributed by atoms with E-state index in [-0.39, 0.29) is 0 Å². The molecule has 1 saturated carbocycles. The third-order valence-electron chi connectivity index (χ3n) is 3.01. The van der Waals surface area contributed by atoms with Crippen LogP contribution in [-0.4, -0.2) is 12.6 Å². The molecule has 2 unspecified atom stereocenters. The molecule has 0 aromatic carbocycles. The smallest absolute Gasteiger partial charge is 0.0432 e. The van der Waals surface area contributed by atoms with E-state index in [1.54, 1.807) is 0 Å². The van der Waals surface area contributed by atoms with Crippen LogP contribution in [0.4, 0.5) is 0 Å². The van der Waals surface area contributed by atoms with Gasteiger partial charge in [-0.05, 0) is 18.8 Å². The standard InChI is InChI=1S/C11H19Cl2N/c1-9-5-3-2-4-6-11(9)14-8-10(13)7-12/h7,9,11,14H,2-6,8H2,1H3/b10-7-. The van der Waals surface area contributed by atoms with Gasteiger partial charge in [-0.15, -0.1) is 0 Å². The highest BCUT2D eigenvalue weighted by atomic mass is 35.5. The van der Waals surface area contributed by atoms with E-state index < -0.39 is 0 Å². The van der Waals surface area contributed by atoms with Crippen LogP contribution in [0.25, 0.3) is 0 Å². The lowest BCUT2D eigenvalue weighted by atomic mass is 9.97. The molecular formula is C11H19Cl2N. The molecule has 1 aliphatic rings. The van der Waals surface area contributed by atoms with Gasteiger partial charge >= 0.3 is 0 Å². The zero-order valence-electron chi connectivity index (χ0n) is 8.73. The van der Waals surface area contributed by atoms with E-state index in [1.807, 2.05) is 0 Å². The molecule has 14 heavy (non-hydrogen) atoms. The van der Waals surface area contributed by atoms with Crippen LogP contribution in [0.5, 0.6) is 0 Å². The molecule has 0 aromatic heterocycles. The number of rotatable bonds is 3. The van der Waals surface area contributed by atoms with Crippen LogP contribution in [0.15, 0.2) is 10.6 Å². The van der Waals surface area contributed by atoms with Crippen LogP contribution in [0.1, 0.15) is 39.0 Å². The molecule has 3 heteroatoms. The number of nitrogens with one attached hydrogen (secondary N) is 1. The maximum atomic E-state index is 5.84. The van der Waals surface area contributed by atoms with Gasteiger partial charge in [-0.25, -0.2) is 0 Å². The van der Waals surface area contributed by atoms with Crippen molar-refractivity contribution in [3.63, 3.8) is 0 Å². The van der Waals surface area contributed by atoms with Crippen molar-refractivity contribution in [1.29, 1.82) is 0 Å². The summed E-state index contributed by atoms with van der Waals surface area (Å²) in [4.78, 5) is 0. The van der Waals surface area contributed by atoms with E-state index in [1.165, 1.54) is 37.6 Å². The van der Waals surface area contributed by atoms with Crippen molar-refractivity contribution in [2.24, 2.45) is 5.92 Å². The van der Waals surface area contributed by atoms with Crippen molar-refractivity contribution in [1.82, 2.24) is 5.32 Å². The molecule has 0 heterocycles. The van der Waals surface area contributed by atoms with Crippen LogP contribution >= 0.6 is 23.2 Å². The molecule has 0 aromatic rings. The minimum atomic E-state index is 0.614. The van der Waals surface area contributed by atoms with Crippen LogP contribution in [0.2, 0.25) is 0 Å². The van der Waals surface area contributed by atoms with Crippen molar-refractivity contribution in [3.05, 3.63) is 10.6 Å². The maximum absolute atomic E-state index is 5.84. The largest absolute Gasteiger partial charge is 0.309 e. The van der Waals surface area contributed by atoms with Gasteiger partial charge in [0, 0.05) is 23.2 Å². The van der Waals surface area contributed by atoms with Crippen LogP contribution in [0.3, 0.4) is 0 Å². The fraction of sp³-hybridized carbons (Fsp3) is 0.818. The van der Waals surface area contributed by atoms with Crippen LogP contribution < -0.4 is 5.32 Å². The molecule has 0 saturated heterocycles. The van der Waals surface area contributed by atoms with Crippen molar-refractivity contribution in [2.75, 3.05) is 6.54 Å². The Morgan fingerprint density at radius 1 is 1.36 bits per heavy atom. The third-order valence-corrected chi connectivity index (χ3v) is 3.63. The Bertz CT molecular complexity index is 192. The minimum Gasteiger partial charge on any atom is -0.309 e. The Labute approximate surface area is 96.8 Å². The average Bonchev–Trinajstić information content (AvgIpc) is 2.39. The topological polar surface area (TPSA) is 12.0 Å². The Hall–Kier alpha value is 0.280. The first kappa shape index (κ1) is 12.4. The average molecular weight is 236 g/mol. The summed E-state index contributed by atoms with van der Waals surface area (Å²) in [5.41, 5.74) is 1.44. The highest BCUT2D eigenvalue weighted by molar-refractivity contribution is 6.36. The Kier molecular flexibility index (Phi) is 5.92. The van der Waals surface area contributed by atoms with E-state index in [2.05, 4.69) is 12.2 Å². The summed E-state index contributed by atoms with van der Waals surface area (Å²) in [6.45, 7) is 3.03. The Morgan fingerprint density at radius 2 is 2.07 bits per heavy atom. The molecule has 2 atom stereocenters. The van der Waals surface area contributed by atoms with Gasteiger partial charge < -0.3 is 5.32 Å². The highest BCUT2D eigenvalue weighted by Crippen LogP contribution is 2.23. The van der Waals surface area contributed by atoms with Crippen LogP contribution in [-0.2, 0) is 0 Å². The summed E-state index contributed by atoms with van der Waals surface area (Å²) < 4.78 is 0. The SMILES string of the molecule is CC1CCCCCC1NC/C(Cl)=C/Cl. The molecule has 0 aliphatic heterocycles. The zero-order valence-corrected chi connectivity index (χ0v) is 10.2. The normalized spacial score (nSPS) is 30.1. The fourth-order valence-corrected chi connectivity index (χ4v) is 2.22. The molecule has 0 radical (unpaired) electrons. The maximum Gasteiger partial charge on any atom is 0.0432 e. The summed E-state index contributed by atoms with van der Waals surface area (Å²) in [7, 11) is 0. The van der Waals surface area contributed by atoms with Gasteiger partial charge in [0.2, 0.25) is 0 Å². The Balaban J connectivity index is 2.33. The predicted molar refractivity (Wildman–Crippen MR) is 63.8 cm³/mol. The zero-order chi connectivity index (χ0) is 10.4. The Morgan fingerprint density at radius 3 is 2.79 bits per heavy atom. The molecule has 82 valence electrons. The first-order chi connectivity index (χ1) is 6.74. The van der Waals surface area contributed by atoms with E-state index in [0.29, 0.717) is 17.6 Å². The number of hydrogen-bond acceptors (Lipinski definition) is 1. The molecule has 0 spiro atoms. The van der Waals surface area contributed by atoms with Gasteiger partial charge in [0.25, 0.3) is 0 Å². The molecule has 1 aliphatic carbocycles. The molecule has 1 fully saturated rings. The van der Waals surface area contributed by atoms with Gasteiger partial charge in [0.15, 0.2) is 0 Å². The molecule has 0 amide bonds. The van der Waals surface area contributed by atoms with E-state index >= 15 is 0 Å². The summed E-state index contributed by atoms with van der Waals surface area (Å²) in [6, 6.07) is 0.614. The quantitative estimate of drug-likeness (QED) is 0.733. The van der Waals surface area contributed by atoms with Gasteiger partial charge in [0.05, 0.1) is 0 Å². The monoisotopic (exact) mass is 235 g/mol. The lowest BCUT2D eigenvalue weighted by Crippen LogP contribution is -2.35. The molecule has 1 N–H and O–H groups in total. The van der Waals surface area contributed by atoms with Crippen molar-refractivity contribution in [2.45, 2.75) is 45.1 Å². The fourth-order valence-electron chi connectivity index (χ4n) is 2.06. The van der Waals surface area contributed by atoms with Crippen molar-refractivity contribution in [3.8, 4) is 0 Å². The first-order valence-corrected chi connectivity index (χ1v) is 6.23. The molecule has 1 nitrogen and oxygen atoms in total. The van der Waals surface area contributed by atoms with Crippen molar-refractivity contribution < 1.29 is 0 Å². The first-order valence-electron chi connectivity index (χ1n) is 5.42. The van der Waals surface area contributed by atoms with Crippen LogP contribution in [0, 0.1) is 5.92 Å². The number of halogens is 2. The van der Waals surface area contributed by atoms with Gasteiger partial charge in [0.1, 0.15) is 0 Å². The van der Waals surface area contributed by atoms with E-state index in [0.717, 1.165) is 5.92 Å². The molecular weight excluding hydrogens is 217 g/mol. The van der Waals surface area contributed by atoms with Crippen molar-refractivity contribution >= 4 is 23.2 Å². The highest BCUT2D eigenvalue weighted by Gasteiger charge is 2.18. The second-order valence-electron chi connectivity index (χ2n) is 4.16. The van der Waals surface area contributed by atoms with E-state index in [4.69, 9.17) is 23.2 Å². The summed E-state index contributed by atoms with van der Waals surface area (Å²) >= 11 is 11.3. The lowest BCUT2D eigenvalue weighted by Gasteiger charge is -2.22. The van der Waals surface area contributed by atoms with Gasteiger partial charge in [-0.3, -0.25) is 0 Å². The number of hydrogen-bond donors (Lipinski definition) is 1. The summed E-state index contributed by atoms with van der Waals surface area (Å²) in [6.07, 6.45) is 6.69. The van der Waals surface area contributed by atoms with E-state index in [9.17, 15) is 0 Å². The predicted octanol–water partition coefficient (Wildman–Crippen LogP) is 3.86. The molecule has 1 rings (SSSR count). The van der Waals surface area contributed by atoms with Gasteiger partial charge in [-0.1, -0.05) is 49.4 Å². The summed E-state index contributed by atoms with van der Waals surface area (Å²) in [5.74, 6) is 0.761. The van der Waals surface area contributed by atoms with Gasteiger partial charge in [-0.2, -0.15) is 0 Å². The lowest BCUT2D eigenvalue weighted by molar-refractivity contribution is 0.368. The molecule has 0 bridgehead atoms. The summed E-state index contributed by atoms with van der Waals surface area (Å²) in [5, 5.41) is 4.17.